The Labute approximate surface area is 120 Å². The van der Waals surface area contributed by atoms with Gasteiger partial charge in [-0.3, -0.25) is 4.79 Å². The molecule has 0 radical (unpaired) electrons. The lowest BCUT2D eigenvalue weighted by Crippen LogP contribution is -2.19. The van der Waals surface area contributed by atoms with E-state index in [4.69, 9.17) is 17.3 Å². The van der Waals surface area contributed by atoms with Gasteiger partial charge < -0.3 is 16.4 Å². The van der Waals surface area contributed by atoms with Crippen molar-refractivity contribution in [3.8, 4) is 0 Å². The molecule has 4 nitrogen and oxygen atoms in total. The van der Waals surface area contributed by atoms with E-state index in [0.29, 0.717) is 16.9 Å². The van der Waals surface area contributed by atoms with Crippen molar-refractivity contribution in [3.05, 3.63) is 52.8 Å². The van der Waals surface area contributed by atoms with Crippen molar-refractivity contribution in [2.24, 2.45) is 0 Å². The number of hydrogen-bond donors (Lipinski definition) is 3. The molecule has 2 aromatic carbocycles. The van der Waals surface area contributed by atoms with Crippen LogP contribution in [0.25, 0.3) is 0 Å². The first kappa shape index (κ1) is 14.1. The lowest BCUT2D eigenvalue weighted by Gasteiger charge is -2.13. The molecule has 0 fully saturated rings. The summed E-state index contributed by atoms with van der Waals surface area (Å²) in [7, 11) is 1.52. The minimum absolute atomic E-state index is 0.000367. The minimum atomic E-state index is -0.584. The molecule has 0 atom stereocenters. The molecular formula is C14H13ClFN3O. The fourth-order valence-corrected chi connectivity index (χ4v) is 1.92. The van der Waals surface area contributed by atoms with Crippen molar-refractivity contribution in [1.29, 1.82) is 0 Å². The van der Waals surface area contributed by atoms with Crippen LogP contribution in [0.3, 0.4) is 0 Å². The van der Waals surface area contributed by atoms with Crippen molar-refractivity contribution in [1.82, 2.24) is 5.32 Å². The summed E-state index contributed by atoms with van der Waals surface area (Å²) in [4.78, 5) is 11.8. The van der Waals surface area contributed by atoms with Gasteiger partial charge in [0, 0.05) is 12.7 Å². The lowest BCUT2D eigenvalue weighted by atomic mass is 10.1. The lowest BCUT2D eigenvalue weighted by molar-refractivity contribution is 0.0964. The van der Waals surface area contributed by atoms with E-state index in [-0.39, 0.29) is 16.6 Å². The van der Waals surface area contributed by atoms with Gasteiger partial charge in [-0.15, -0.1) is 0 Å². The number of carbonyl (C=O) groups is 1. The normalized spacial score (nSPS) is 10.2. The summed E-state index contributed by atoms with van der Waals surface area (Å²) < 4.78 is 13.9. The Morgan fingerprint density at radius 1 is 1.25 bits per heavy atom. The van der Waals surface area contributed by atoms with Crippen LogP contribution in [0.15, 0.2) is 36.4 Å². The highest BCUT2D eigenvalue weighted by Gasteiger charge is 2.13. The molecule has 0 aliphatic carbocycles. The predicted molar refractivity (Wildman–Crippen MR) is 78.9 cm³/mol. The molecular weight excluding hydrogens is 281 g/mol. The number of amides is 1. The second-order valence-corrected chi connectivity index (χ2v) is 4.52. The third-order valence-electron chi connectivity index (χ3n) is 2.74. The number of nitrogens with one attached hydrogen (secondary N) is 2. The molecule has 0 spiro atoms. The van der Waals surface area contributed by atoms with Crippen LogP contribution in [0.4, 0.5) is 21.5 Å². The molecule has 20 heavy (non-hydrogen) atoms. The number of benzene rings is 2. The van der Waals surface area contributed by atoms with Crippen LogP contribution in [-0.4, -0.2) is 13.0 Å². The Morgan fingerprint density at radius 3 is 2.70 bits per heavy atom. The highest BCUT2D eigenvalue weighted by molar-refractivity contribution is 6.31. The Kier molecular flexibility index (Phi) is 4.10. The number of halogens is 2. The molecule has 1 amide bonds. The van der Waals surface area contributed by atoms with Crippen molar-refractivity contribution in [3.63, 3.8) is 0 Å². The second kappa shape index (κ2) is 5.79. The monoisotopic (exact) mass is 293 g/mol. The summed E-state index contributed by atoms with van der Waals surface area (Å²) in [5, 5.41) is 5.35. The molecule has 0 unspecified atom stereocenters. The molecule has 0 aliphatic rings. The van der Waals surface area contributed by atoms with Crippen molar-refractivity contribution in [2.45, 2.75) is 0 Å². The topological polar surface area (TPSA) is 67.2 Å². The maximum absolute atomic E-state index is 13.9. The molecule has 2 aromatic rings. The first-order valence-corrected chi connectivity index (χ1v) is 6.23. The fraction of sp³-hybridized carbons (Fsp3) is 0.0714. The van der Waals surface area contributed by atoms with E-state index >= 15 is 0 Å². The van der Waals surface area contributed by atoms with Gasteiger partial charge in [0.2, 0.25) is 0 Å². The van der Waals surface area contributed by atoms with E-state index in [9.17, 15) is 9.18 Å². The highest BCUT2D eigenvalue weighted by atomic mass is 35.5. The summed E-state index contributed by atoms with van der Waals surface area (Å²) in [5.74, 6) is -0.880. The number of carbonyl (C=O) groups excluding carboxylic acids is 1. The van der Waals surface area contributed by atoms with Gasteiger partial charge in [0.05, 0.1) is 22.0 Å². The maximum Gasteiger partial charge on any atom is 0.253 e. The first-order chi connectivity index (χ1) is 9.52. The predicted octanol–water partition coefficient (Wildman–Crippen LogP) is 3.16. The second-order valence-electron chi connectivity index (χ2n) is 4.11. The number of nitrogens with two attached hydrogens (primary N) is 1. The fourth-order valence-electron chi connectivity index (χ4n) is 1.74. The Morgan fingerprint density at radius 2 is 2.00 bits per heavy atom. The number of nitrogen functional groups attached to an aromatic ring is 1. The van der Waals surface area contributed by atoms with Crippen molar-refractivity contribution in [2.75, 3.05) is 18.1 Å². The third-order valence-corrected chi connectivity index (χ3v) is 3.03. The summed E-state index contributed by atoms with van der Waals surface area (Å²) >= 11 is 5.72. The van der Waals surface area contributed by atoms with Crippen LogP contribution in [0.1, 0.15) is 10.4 Å². The smallest absolute Gasteiger partial charge is 0.253 e. The largest absolute Gasteiger partial charge is 0.399 e. The van der Waals surface area contributed by atoms with Crippen molar-refractivity contribution < 1.29 is 9.18 Å². The van der Waals surface area contributed by atoms with Gasteiger partial charge in [-0.1, -0.05) is 17.7 Å². The van der Waals surface area contributed by atoms with E-state index in [1.54, 1.807) is 24.3 Å². The quantitative estimate of drug-likeness (QED) is 0.762. The summed E-state index contributed by atoms with van der Waals surface area (Å²) in [6, 6.07) is 9.31. The average Bonchev–Trinajstić information content (AvgIpc) is 2.43. The summed E-state index contributed by atoms with van der Waals surface area (Å²) in [6.45, 7) is 0. The summed E-state index contributed by atoms with van der Waals surface area (Å²) in [6.07, 6.45) is 0. The molecule has 0 saturated heterocycles. The number of hydrogen-bond acceptors (Lipinski definition) is 3. The minimum Gasteiger partial charge on any atom is -0.399 e. The van der Waals surface area contributed by atoms with E-state index in [1.165, 1.54) is 19.2 Å². The zero-order valence-electron chi connectivity index (χ0n) is 10.7. The standard InChI is InChI=1S/C14H13ClFN3O/c1-18-14(20)9-6-5-8(17)7-12(9)19-11-4-2-3-10(15)13(11)16/h2-7,19H,17H2,1H3,(H,18,20). The van der Waals surface area contributed by atoms with Gasteiger partial charge in [0.15, 0.2) is 5.82 Å². The van der Waals surface area contributed by atoms with Gasteiger partial charge in [0.25, 0.3) is 5.91 Å². The molecule has 0 heterocycles. The zero-order valence-corrected chi connectivity index (χ0v) is 11.5. The maximum atomic E-state index is 13.9. The zero-order chi connectivity index (χ0) is 14.7. The van der Waals surface area contributed by atoms with E-state index in [2.05, 4.69) is 10.6 Å². The van der Waals surface area contributed by atoms with Crippen LogP contribution < -0.4 is 16.4 Å². The molecule has 2 rings (SSSR count). The molecule has 0 bridgehead atoms. The Balaban J connectivity index is 2.44. The molecule has 6 heteroatoms. The van der Waals surface area contributed by atoms with E-state index in [0.717, 1.165) is 0 Å². The summed E-state index contributed by atoms with van der Waals surface area (Å²) in [5.41, 5.74) is 7.10. The molecule has 0 aliphatic heterocycles. The molecule has 4 N–H and O–H groups in total. The number of anilines is 3. The van der Waals surface area contributed by atoms with Crippen LogP contribution in [-0.2, 0) is 0 Å². The van der Waals surface area contributed by atoms with Gasteiger partial charge >= 0.3 is 0 Å². The molecule has 104 valence electrons. The van der Waals surface area contributed by atoms with Crippen LogP contribution in [0, 0.1) is 5.82 Å². The SMILES string of the molecule is CNC(=O)c1ccc(N)cc1Nc1cccc(Cl)c1F. The van der Waals surface area contributed by atoms with Crippen LogP contribution in [0.2, 0.25) is 5.02 Å². The molecule has 0 aromatic heterocycles. The van der Waals surface area contributed by atoms with Gasteiger partial charge in [-0.05, 0) is 30.3 Å². The first-order valence-electron chi connectivity index (χ1n) is 5.85. The van der Waals surface area contributed by atoms with E-state index in [1.807, 2.05) is 0 Å². The number of rotatable bonds is 3. The van der Waals surface area contributed by atoms with Gasteiger partial charge in [0.1, 0.15) is 0 Å². The Bertz CT molecular complexity index is 661. The Hall–Kier alpha value is -2.27. The van der Waals surface area contributed by atoms with Gasteiger partial charge in [-0.25, -0.2) is 4.39 Å². The van der Waals surface area contributed by atoms with Crippen molar-refractivity contribution >= 4 is 34.6 Å². The van der Waals surface area contributed by atoms with Gasteiger partial charge in [-0.2, -0.15) is 0 Å². The van der Waals surface area contributed by atoms with Crippen LogP contribution >= 0.6 is 11.6 Å². The average molecular weight is 294 g/mol. The highest BCUT2D eigenvalue weighted by Crippen LogP contribution is 2.28. The van der Waals surface area contributed by atoms with Crippen LogP contribution in [0.5, 0.6) is 0 Å². The molecule has 0 saturated carbocycles. The van der Waals surface area contributed by atoms with E-state index < -0.39 is 5.82 Å². The third kappa shape index (κ3) is 2.83.